The van der Waals surface area contributed by atoms with Crippen LogP contribution in [0.1, 0.15) is 18.4 Å². The van der Waals surface area contributed by atoms with Gasteiger partial charge in [-0.1, -0.05) is 6.07 Å². The van der Waals surface area contributed by atoms with Crippen LogP contribution in [-0.2, 0) is 16.1 Å². The Bertz CT molecular complexity index is 450. The van der Waals surface area contributed by atoms with Gasteiger partial charge in [-0.15, -0.1) is 0 Å². The van der Waals surface area contributed by atoms with Crippen LogP contribution in [0.3, 0.4) is 0 Å². The highest BCUT2D eigenvalue weighted by Gasteiger charge is 2.28. The molecule has 2 heterocycles. The zero-order chi connectivity index (χ0) is 13.7. The van der Waals surface area contributed by atoms with Gasteiger partial charge >= 0.3 is 6.09 Å². The summed E-state index contributed by atoms with van der Waals surface area (Å²) in [4.78, 5) is 28.3. The summed E-state index contributed by atoms with van der Waals surface area (Å²) in [6, 6.07) is 3.73. The van der Waals surface area contributed by atoms with Crippen LogP contribution >= 0.6 is 0 Å². The molecule has 1 saturated heterocycles. The Morgan fingerprint density at radius 3 is 3.11 bits per heavy atom. The highest BCUT2D eigenvalue weighted by atomic mass is 16.6. The van der Waals surface area contributed by atoms with Crippen molar-refractivity contribution < 1.29 is 14.3 Å². The van der Waals surface area contributed by atoms with Crippen LogP contribution in [-0.4, -0.2) is 41.6 Å². The Morgan fingerprint density at radius 1 is 1.63 bits per heavy atom. The van der Waals surface area contributed by atoms with Crippen molar-refractivity contribution in [3.05, 3.63) is 30.1 Å². The number of carbonyl (C=O) groups excluding carboxylic acids is 2. The first-order valence-electron chi connectivity index (χ1n) is 6.22. The van der Waals surface area contributed by atoms with Crippen LogP contribution < -0.4 is 5.32 Å². The molecule has 1 aromatic heterocycles. The topological polar surface area (TPSA) is 71.5 Å². The monoisotopic (exact) mass is 263 g/mol. The van der Waals surface area contributed by atoms with Gasteiger partial charge in [-0.2, -0.15) is 0 Å². The molecule has 102 valence electrons. The molecule has 1 aromatic rings. The van der Waals surface area contributed by atoms with Gasteiger partial charge in [0.15, 0.2) is 0 Å². The molecule has 0 spiro atoms. The maximum Gasteiger partial charge on any atom is 0.409 e. The number of rotatable bonds is 5. The number of hydrogen-bond donors (Lipinski definition) is 1. The molecule has 6 nitrogen and oxygen atoms in total. The number of amides is 2. The van der Waals surface area contributed by atoms with Crippen LogP contribution in [0.25, 0.3) is 0 Å². The number of aromatic nitrogens is 1. The molecular weight excluding hydrogens is 246 g/mol. The summed E-state index contributed by atoms with van der Waals surface area (Å²) in [6.07, 6.45) is 3.81. The zero-order valence-corrected chi connectivity index (χ0v) is 10.8. The van der Waals surface area contributed by atoms with Crippen molar-refractivity contribution >= 4 is 12.0 Å². The summed E-state index contributed by atoms with van der Waals surface area (Å²) in [6.45, 7) is 1.02. The smallest absolute Gasteiger partial charge is 0.409 e. The van der Waals surface area contributed by atoms with E-state index >= 15 is 0 Å². The normalized spacial score (nSPS) is 18.3. The Balaban J connectivity index is 1.67. The lowest BCUT2D eigenvalue weighted by atomic mass is 10.2. The minimum absolute atomic E-state index is 0.0468. The molecular formula is C13H17N3O3. The zero-order valence-electron chi connectivity index (χ0n) is 10.8. The maximum absolute atomic E-state index is 11.7. The first-order chi connectivity index (χ1) is 9.15. The van der Waals surface area contributed by atoms with Crippen LogP contribution in [0.4, 0.5) is 4.79 Å². The SMILES string of the molecule is CN1CC(CCC(=O)NCc2cccnc2)OC1=O. The van der Waals surface area contributed by atoms with Crippen molar-refractivity contribution in [1.82, 2.24) is 15.2 Å². The van der Waals surface area contributed by atoms with Gasteiger partial charge in [-0.25, -0.2) is 4.79 Å². The number of pyridine rings is 1. The average Bonchev–Trinajstić information content (AvgIpc) is 2.74. The van der Waals surface area contributed by atoms with E-state index in [4.69, 9.17) is 4.74 Å². The number of likely N-dealkylation sites (N-methyl/N-ethyl adjacent to an activating group) is 1. The van der Waals surface area contributed by atoms with E-state index in [0.717, 1.165) is 5.56 Å². The summed E-state index contributed by atoms with van der Waals surface area (Å²) >= 11 is 0. The third kappa shape index (κ3) is 3.94. The fourth-order valence-electron chi connectivity index (χ4n) is 1.88. The van der Waals surface area contributed by atoms with Crippen molar-refractivity contribution in [2.24, 2.45) is 0 Å². The molecule has 0 aromatic carbocycles. The van der Waals surface area contributed by atoms with E-state index in [1.165, 1.54) is 4.90 Å². The standard InChI is InChI=1S/C13H17N3O3/c1-16-9-11(19-13(16)18)4-5-12(17)15-8-10-3-2-6-14-7-10/h2-3,6-7,11H,4-5,8-9H2,1H3,(H,15,17). The van der Waals surface area contributed by atoms with Gasteiger partial charge in [0.1, 0.15) is 6.10 Å². The molecule has 6 heteroatoms. The minimum atomic E-state index is -0.319. The lowest BCUT2D eigenvalue weighted by molar-refractivity contribution is -0.121. The molecule has 0 saturated carbocycles. The van der Waals surface area contributed by atoms with Crippen molar-refractivity contribution in [2.75, 3.05) is 13.6 Å². The fraction of sp³-hybridized carbons (Fsp3) is 0.462. The highest BCUT2D eigenvalue weighted by molar-refractivity contribution is 5.76. The van der Waals surface area contributed by atoms with Gasteiger partial charge in [0.2, 0.25) is 5.91 Å². The Labute approximate surface area is 111 Å². The number of nitrogens with zero attached hydrogens (tertiary/aromatic N) is 2. The number of nitrogens with one attached hydrogen (secondary N) is 1. The fourth-order valence-corrected chi connectivity index (χ4v) is 1.88. The molecule has 1 aliphatic heterocycles. The molecule has 1 atom stereocenters. The number of cyclic esters (lactones) is 1. The summed E-state index contributed by atoms with van der Waals surface area (Å²) in [7, 11) is 1.69. The minimum Gasteiger partial charge on any atom is -0.444 e. The molecule has 0 aliphatic carbocycles. The van der Waals surface area contributed by atoms with E-state index < -0.39 is 0 Å². The summed E-state index contributed by atoms with van der Waals surface area (Å²) in [5.41, 5.74) is 0.961. The second-order valence-corrected chi connectivity index (χ2v) is 4.56. The van der Waals surface area contributed by atoms with E-state index in [0.29, 0.717) is 25.9 Å². The van der Waals surface area contributed by atoms with Crippen molar-refractivity contribution in [3.63, 3.8) is 0 Å². The predicted molar refractivity (Wildman–Crippen MR) is 68.2 cm³/mol. The van der Waals surface area contributed by atoms with Crippen LogP contribution in [0.15, 0.2) is 24.5 Å². The predicted octanol–water partition coefficient (Wildman–Crippen LogP) is 0.929. The average molecular weight is 263 g/mol. The Hall–Kier alpha value is -2.11. The largest absolute Gasteiger partial charge is 0.444 e. The van der Waals surface area contributed by atoms with Crippen LogP contribution in [0.5, 0.6) is 0 Å². The second-order valence-electron chi connectivity index (χ2n) is 4.56. The van der Waals surface area contributed by atoms with Crippen molar-refractivity contribution in [2.45, 2.75) is 25.5 Å². The Kier molecular flexibility index (Phi) is 4.33. The number of hydrogen-bond acceptors (Lipinski definition) is 4. The van der Waals surface area contributed by atoms with Gasteiger partial charge in [-0.3, -0.25) is 9.78 Å². The number of carbonyl (C=O) groups is 2. The van der Waals surface area contributed by atoms with Crippen molar-refractivity contribution in [3.8, 4) is 0 Å². The van der Waals surface area contributed by atoms with Crippen LogP contribution in [0.2, 0.25) is 0 Å². The van der Waals surface area contributed by atoms with Gasteiger partial charge in [0.05, 0.1) is 6.54 Å². The van der Waals surface area contributed by atoms with E-state index in [1.807, 2.05) is 12.1 Å². The highest BCUT2D eigenvalue weighted by Crippen LogP contribution is 2.13. The van der Waals surface area contributed by atoms with Crippen LogP contribution in [0, 0.1) is 0 Å². The molecule has 19 heavy (non-hydrogen) atoms. The molecule has 2 rings (SSSR count). The van der Waals surface area contributed by atoms with Gasteiger partial charge < -0.3 is 15.0 Å². The quantitative estimate of drug-likeness (QED) is 0.857. The molecule has 0 radical (unpaired) electrons. The van der Waals surface area contributed by atoms with Gasteiger partial charge in [-0.05, 0) is 18.1 Å². The van der Waals surface area contributed by atoms with Gasteiger partial charge in [0, 0.05) is 32.4 Å². The van der Waals surface area contributed by atoms with E-state index in [9.17, 15) is 9.59 Å². The van der Waals surface area contributed by atoms with Crippen molar-refractivity contribution in [1.29, 1.82) is 0 Å². The van der Waals surface area contributed by atoms with E-state index in [-0.39, 0.29) is 18.1 Å². The van der Waals surface area contributed by atoms with E-state index in [2.05, 4.69) is 10.3 Å². The molecule has 2 amide bonds. The summed E-state index contributed by atoms with van der Waals surface area (Å²) in [5.74, 6) is -0.0468. The molecule has 1 aliphatic rings. The molecule has 1 unspecified atom stereocenters. The lowest BCUT2D eigenvalue weighted by Crippen LogP contribution is -2.25. The van der Waals surface area contributed by atoms with Gasteiger partial charge in [0.25, 0.3) is 0 Å². The van der Waals surface area contributed by atoms with E-state index in [1.54, 1.807) is 19.4 Å². The second kappa shape index (κ2) is 6.17. The molecule has 1 fully saturated rings. The Morgan fingerprint density at radius 2 is 2.47 bits per heavy atom. The number of ether oxygens (including phenoxy) is 1. The summed E-state index contributed by atoms with van der Waals surface area (Å²) < 4.78 is 5.08. The summed E-state index contributed by atoms with van der Waals surface area (Å²) in [5, 5.41) is 2.81. The first-order valence-corrected chi connectivity index (χ1v) is 6.22. The third-order valence-corrected chi connectivity index (χ3v) is 2.96. The molecule has 1 N–H and O–H groups in total. The third-order valence-electron chi connectivity index (χ3n) is 2.96. The maximum atomic E-state index is 11.7. The lowest BCUT2D eigenvalue weighted by Gasteiger charge is -2.08. The molecule has 0 bridgehead atoms. The first kappa shape index (κ1) is 13.3.